The molecule has 0 saturated heterocycles. The summed E-state index contributed by atoms with van der Waals surface area (Å²) in [4.78, 5) is 26.2. The van der Waals surface area contributed by atoms with E-state index in [2.05, 4.69) is 10.6 Å². The van der Waals surface area contributed by atoms with E-state index in [0.29, 0.717) is 22.7 Å². The minimum atomic E-state index is -0.329. The molecule has 6 nitrogen and oxygen atoms in total. The number of benzene rings is 4. The summed E-state index contributed by atoms with van der Waals surface area (Å²) in [5, 5.41) is 7.94. The summed E-state index contributed by atoms with van der Waals surface area (Å²) in [6.07, 6.45) is 0. The lowest BCUT2D eigenvalue weighted by molar-refractivity contribution is -0.113. The Morgan fingerprint density at radius 2 is 1.41 bits per heavy atom. The number of methoxy groups -OCH3 is 2. The van der Waals surface area contributed by atoms with Crippen LogP contribution in [0.25, 0.3) is 10.8 Å². The van der Waals surface area contributed by atoms with E-state index in [1.807, 2.05) is 54.6 Å². The molecule has 0 aliphatic heterocycles. The zero-order valence-electron chi connectivity index (χ0n) is 18.8. The molecule has 0 radical (unpaired) electrons. The molecule has 0 spiro atoms. The second kappa shape index (κ2) is 10.8. The lowest BCUT2D eigenvalue weighted by Gasteiger charge is -2.13. The first-order valence-electron chi connectivity index (χ1n) is 10.6. The van der Waals surface area contributed by atoms with Crippen LogP contribution in [0.15, 0.2) is 89.8 Å². The van der Waals surface area contributed by atoms with Gasteiger partial charge in [-0.2, -0.15) is 0 Å². The maximum Gasteiger partial charge on any atom is 0.263 e. The maximum atomic E-state index is 12.8. The molecule has 2 N–H and O–H groups in total. The molecule has 34 heavy (non-hydrogen) atoms. The van der Waals surface area contributed by atoms with E-state index < -0.39 is 0 Å². The highest BCUT2D eigenvalue weighted by Gasteiger charge is 2.18. The Balaban J connectivity index is 1.36. The molecule has 0 saturated carbocycles. The summed E-state index contributed by atoms with van der Waals surface area (Å²) in [5.41, 5.74) is 1.76. The highest BCUT2D eigenvalue weighted by Crippen LogP contribution is 2.29. The number of carbonyl (C=O) groups is 2. The summed E-state index contributed by atoms with van der Waals surface area (Å²) in [6, 6.07) is 26.3. The zero-order valence-corrected chi connectivity index (χ0v) is 19.6. The lowest BCUT2D eigenvalue weighted by atomic mass is 10.1. The highest BCUT2D eigenvalue weighted by atomic mass is 32.2. The first kappa shape index (κ1) is 23.2. The van der Waals surface area contributed by atoms with Crippen molar-refractivity contribution in [2.24, 2.45) is 0 Å². The topological polar surface area (TPSA) is 76.7 Å². The van der Waals surface area contributed by atoms with Gasteiger partial charge in [-0.15, -0.1) is 11.8 Å². The van der Waals surface area contributed by atoms with E-state index in [9.17, 15) is 9.59 Å². The summed E-state index contributed by atoms with van der Waals surface area (Å²) >= 11 is 1.42. The molecule has 4 aromatic rings. The summed E-state index contributed by atoms with van der Waals surface area (Å²) in [7, 11) is 3.02. The fraction of sp³-hybridized carbons (Fsp3) is 0.111. The summed E-state index contributed by atoms with van der Waals surface area (Å²) in [6.45, 7) is 0. The molecule has 4 aromatic carbocycles. The second-order valence-electron chi connectivity index (χ2n) is 7.38. The van der Waals surface area contributed by atoms with Crippen molar-refractivity contribution >= 4 is 45.7 Å². The number of thioether (sulfide) groups is 1. The van der Waals surface area contributed by atoms with Crippen LogP contribution in [0.3, 0.4) is 0 Å². The molecule has 0 heterocycles. The third kappa shape index (κ3) is 5.32. The Bertz CT molecular complexity index is 1290. The van der Waals surface area contributed by atoms with Crippen LogP contribution in [0, 0.1) is 0 Å². The van der Waals surface area contributed by atoms with Crippen molar-refractivity contribution in [3.63, 3.8) is 0 Å². The molecule has 0 unspecified atom stereocenters. The Morgan fingerprint density at radius 3 is 2.12 bits per heavy atom. The fourth-order valence-electron chi connectivity index (χ4n) is 3.57. The van der Waals surface area contributed by atoms with E-state index in [1.165, 1.54) is 26.0 Å². The SMILES string of the molecule is COc1cccc(OC)c1C(=O)Nc1ccc(SCC(=O)Nc2cccc3ccccc23)cc1. The normalized spacial score (nSPS) is 10.5. The number of carbonyl (C=O) groups excluding carboxylic acids is 2. The van der Waals surface area contributed by atoms with Crippen LogP contribution in [-0.2, 0) is 4.79 Å². The standard InChI is InChI=1S/C27H24N2O4S/c1-32-23-11-6-12-24(33-2)26(23)27(31)28-19-13-15-20(16-14-19)34-17-25(30)29-22-10-5-8-18-7-3-4-9-21(18)22/h3-16H,17H2,1-2H3,(H,28,31)(H,29,30). The van der Waals surface area contributed by atoms with Crippen LogP contribution in [0.4, 0.5) is 11.4 Å². The molecule has 0 aliphatic carbocycles. The number of rotatable bonds is 8. The number of hydrogen-bond donors (Lipinski definition) is 2. The van der Waals surface area contributed by atoms with Crippen LogP contribution in [0.1, 0.15) is 10.4 Å². The third-order valence-corrected chi connectivity index (χ3v) is 6.21. The van der Waals surface area contributed by atoms with E-state index >= 15 is 0 Å². The van der Waals surface area contributed by atoms with Crippen LogP contribution in [0.2, 0.25) is 0 Å². The van der Waals surface area contributed by atoms with Gasteiger partial charge in [-0.25, -0.2) is 0 Å². The summed E-state index contributed by atoms with van der Waals surface area (Å²) in [5.74, 6) is 0.724. The van der Waals surface area contributed by atoms with Crippen molar-refractivity contribution in [1.29, 1.82) is 0 Å². The van der Waals surface area contributed by atoms with E-state index in [0.717, 1.165) is 21.4 Å². The quantitative estimate of drug-likeness (QED) is 0.315. The number of hydrogen-bond acceptors (Lipinski definition) is 5. The Labute approximate surface area is 202 Å². The molecule has 0 bridgehead atoms. The number of ether oxygens (including phenoxy) is 2. The molecular formula is C27H24N2O4S. The van der Waals surface area contributed by atoms with Gasteiger partial charge in [0.15, 0.2) is 0 Å². The van der Waals surface area contributed by atoms with Gasteiger partial charge in [0.2, 0.25) is 5.91 Å². The number of amides is 2. The summed E-state index contributed by atoms with van der Waals surface area (Å²) < 4.78 is 10.6. The van der Waals surface area contributed by atoms with Crippen LogP contribution in [0.5, 0.6) is 11.5 Å². The van der Waals surface area contributed by atoms with Crippen molar-refractivity contribution < 1.29 is 19.1 Å². The first-order chi connectivity index (χ1) is 16.6. The van der Waals surface area contributed by atoms with Crippen molar-refractivity contribution in [3.8, 4) is 11.5 Å². The predicted octanol–water partition coefficient (Wildman–Crippen LogP) is 5.84. The fourth-order valence-corrected chi connectivity index (χ4v) is 4.27. The molecule has 7 heteroatoms. The van der Waals surface area contributed by atoms with Gasteiger partial charge >= 0.3 is 0 Å². The van der Waals surface area contributed by atoms with Crippen LogP contribution < -0.4 is 20.1 Å². The monoisotopic (exact) mass is 472 g/mol. The number of nitrogens with one attached hydrogen (secondary N) is 2. The molecule has 0 fully saturated rings. The van der Waals surface area contributed by atoms with Gasteiger partial charge < -0.3 is 20.1 Å². The minimum absolute atomic E-state index is 0.0815. The highest BCUT2D eigenvalue weighted by molar-refractivity contribution is 8.00. The molecular weight excluding hydrogens is 448 g/mol. The molecule has 0 atom stereocenters. The zero-order chi connectivity index (χ0) is 23.9. The van der Waals surface area contributed by atoms with E-state index in [4.69, 9.17) is 9.47 Å². The third-order valence-electron chi connectivity index (χ3n) is 5.20. The predicted molar refractivity (Wildman–Crippen MR) is 137 cm³/mol. The smallest absolute Gasteiger partial charge is 0.263 e. The van der Waals surface area contributed by atoms with E-state index in [1.54, 1.807) is 30.3 Å². The maximum absolute atomic E-state index is 12.8. The van der Waals surface area contributed by atoms with Crippen molar-refractivity contribution in [2.45, 2.75) is 4.90 Å². The van der Waals surface area contributed by atoms with Gasteiger partial charge in [0.25, 0.3) is 5.91 Å². The van der Waals surface area contributed by atoms with Gasteiger partial charge in [-0.1, -0.05) is 42.5 Å². The molecule has 2 amide bonds. The first-order valence-corrected chi connectivity index (χ1v) is 11.6. The van der Waals surface area contributed by atoms with Gasteiger partial charge in [0.1, 0.15) is 17.1 Å². The van der Waals surface area contributed by atoms with Crippen molar-refractivity contribution in [2.75, 3.05) is 30.6 Å². The average Bonchev–Trinajstić information content (AvgIpc) is 2.88. The van der Waals surface area contributed by atoms with Crippen LogP contribution >= 0.6 is 11.8 Å². The number of fused-ring (bicyclic) bond motifs is 1. The lowest BCUT2D eigenvalue weighted by Crippen LogP contribution is -2.15. The molecule has 172 valence electrons. The van der Waals surface area contributed by atoms with Gasteiger partial charge in [0, 0.05) is 21.7 Å². The van der Waals surface area contributed by atoms with Crippen molar-refractivity contribution in [3.05, 3.63) is 90.5 Å². The van der Waals surface area contributed by atoms with Gasteiger partial charge in [-0.05, 0) is 47.9 Å². The number of anilines is 2. The minimum Gasteiger partial charge on any atom is -0.496 e. The Hall–Kier alpha value is -3.97. The average molecular weight is 473 g/mol. The molecule has 0 aromatic heterocycles. The molecule has 0 aliphatic rings. The van der Waals surface area contributed by atoms with Crippen LogP contribution in [-0.4, -0.2) is 31.8 Å². The van der Waals surface area contributed by atoms with E-state index in [-0.39, 0.29) is 17.6 Å². The Morgan fingerprint density at radius 1 is 0.765 bits per heavy atom. The van der Waals surface area contributed by atoms with Gasteiger partial charge in [0.05, 0.1) is 20.0 Å². The van der Waals surface area contributed by atoms with Crippen molar-refractivity contribution in [1.82, 2.24) is 0 Å². The molecule has 4 rings (SSSR count). The largest absolute Gasteiger partial charge is 0.496 e. The Kier molecular flexibility index (Phi) is 7.34. The second-order valence-corrected chi connectivity index (χ2v) is 8.43. The van der Waals surface area contributed by atoms with Gasteiger partial charge in [-0.3, -0.25) is 9.59 Å².